The first-order valence-electron chi connectivity index (χ1n) is 9.73. The molecule has 3 aromatic carbocycles. The monoisotopic (exact) mass is 543 g/mol. The van der Waals surface area contributed by atoms with E-state index < -0.39 is 5.97 Å². The first-order valence-corrected chi connectivity index (χ1v) is 11.3. The van der Waals surface area contributed by atoms with E-state index in [1.807, 2.05) is 36.4 Å². The molecule has 4 rings (SSSR count). The van der Waals surface area contributed by atoms with Crippen molar-refractivity contribution in [2.24, 2.45) is 0 Å². The highest BCUT2D eigenvalue weighted by molar-refractivity contribution is 9.10. The number of carboxylic acids is 1. The summed E-state index contributed by atoms with van der Waals surface area (Å²) in [5.41, 5.74) is 3.28. The third kappa shape index (κ3) is 5.27. The number of carbonyl (C=O) groups is 2. The molecule has 0 aliphatic heterocycles. The normalized spacial score (nSPS) is 10.8. The van der Waals surface area contributed by atoms with Crippen LogP contribution >= 0.6 is 39.1 Å². The van der Waals surface area contributed by atoms with Gasteiger partial charge in [0, 0.05) is 22.1 Å². The summed E-state index contributed by atoms with van der Waals surface area (Å²) in [7, 11) is 0. The summed E-state index contributed by atoms with van der Waals surface area (Å²) in [6.45, 7) is 0.349. The third-order valence-electron chi connectivity index (χ3n) is 4.89. The molecule has 0 unspecified atom stereocenters. The molecule has 166 valence electrons. The summed E-state index contributed by atoms with van der Waals surface area (Å²) >= 11 is 15.5. The van der Waals surface area contributed by atoms with E-state index in [1.54, 1.807) is 30.3 Å². The van der Waals surface area contributed by atoms with Gasteiger partial charge in [-0.25, -0.2) is 9.48 Å². The molecule has 2 N–H and O–H groups in total. The van der Waals surface area contributed by atoms with Crippen molar-refractivity contribution >= 4 is 51.0 Å². The Kier molecular flexibility index (Phi) is 6.83. The second kappa shape index (κ2) is 9.79. The first-order chi connectivity index (χ1) is 15.8. The largest absolute Gasteiger partial charge is 0.476 e. The third-order valence-corrected chi connectivity index (χ3v) is 6.15. The molecule has 0 fully saturated rings. The summed E-state index contributed by atoms with van der Waals surface area (Å²) in [5.74, 6) is -1.31. The molecule has 0 bridgehead atoms. The van der Waals surface area contributed by atoms with Crippen molar-refractivity contribution in [2.75, 3.05) is 0 Å². The summed E-state index contributed by atoms with van der Waals surface area (Å²) in [4.78, 5) is 23.8. The maximum absolute atomic E-state index is 12.3. The number of amides is 1. The van der Waals surface area contributed by atoms with Crippen LogP contribution in [-0.4, -0.2) is 26.8 Å². The van der Waals surface area contributed by atoms with Gasteiger partial charge in [0.2, 0.25) is 0 Å². The fraction of sp³-hybridized carbons (Fsp3) is 0.0417. The van der Waals surface area contributed by atoms with Gasteiger partial charge in [-0.05, 0) is 54.1 Å². The number of halogens is 3. The standard InChI is InChI=1S/C24H16BrCl2N3O3/c25-17-7-5-16(6-8-17)23(31)28-13-14-1-3-15(4-2-14)22-12-21(24(32)33)29-30(22)18-9-10-19(26)20(27)11-18/h1-12H,13H2,(H,28,31)(H,32,33). The van der Waals surface area contributed by atoms with Crippen LogP contribution in [0.2, 0.25) is 10.0 Å². The molecular weight excluding hydrogens is 529 g/mol. The van der Waals surface area contributed by atoms with Crippen LogP contribution in [0, 0.1) is 0 Å². The van der Waals surface area contributed by atoms with Crippen LogP contribution in [0.5, 0.6) is 0 Å². The molecule has 0 saturated heterocycles. The Labute approximate surface area is 207 Å². The molecule has 0 aliphatic carbocycles. The van der Waals surface area contributed by atoms with E-state index in [1.165, 1.54) is 10.7 Å². The Hall–Kier alpha value is -3.13. The molecule has 1 amide bonds. The van der Waals surface area contributed by atoms with Crippen LogP contribution in [0.3, 0.4) is 0 Å². The quantitative estimate of drug-likeness (QED) is 0.301. The SMILES string of the molecule is O=C(NCc1ccc(-c2cc(C(=O)O)nn2-c2ccc(Cl)c(Cl)c2)cc1)c1ccc(Br)cc1. The first kappa shape index (κ1) is 23.0. The van der Waals surface area contributed by atoms with E-state index in [-0.39, 0.29) is 11.6 Å². The number of hydrogen-bond acceptors (Lipinski definition) is 3. The van der Waals surface area contributed by atoms with Crippen LogP contribution in [-0.2, 0) is 6.54 Å². The Morgan fingerprint density at radius 1 is 0.939 bits per heavy atom. The zero-order valence-electron chi connectivity index (χ0n) is 16.9. The maximum atomic E-state index is 12.3. The molecule has 0 atom stereocenters. The van der Waals surface area contributed by atoms with Crippen molar-refractivity contribution in [3.05, 3.63) is 104 Å². The Balaban J connectivity index is 1.57. The van der Waals surface area contributed by atoms with E-state index in [0.29, 0.717) is 33.5 Å². The van der Waals surface area contributed by atoms with Gasteiger partial charge in [0.05, 0.1) is 21.4 Å². The average molecular weight is 545 g/mol. The number of aromatic nitrogens is 2. The predicted octanol–water partition coefficient (Wildman–Crippen LogP) is 6.24. The molecule has 4 aromatic rings. The van der Waals surface area contributed by atoms with Crippen molar-refractivity contribution in [3.8, 4) is 16.9 Å². The lowest BCUT2D eigenvalue weighted by molar-refractivity contribution is 0.0689. The molecule has 0 saturated carbocycles. The summed E-state index contributed by atoms with van der Waals surface area (Å²) in [6, 6.07) is 21.0. The van der Waals surface area contributed by atoms with Gasteiger partial charge in [-0.15, -0.1) is 0 Å². The molecule has 0 spiro atoms. The van der Waals surface area contributed by atoms with E-state index in [4.69, 9.17) is 23.2 Å². The molecular formula is C24H16BrCl2N3O3. The van der Waals surface area contributed by atoms with Crippen LogP contribution in [0.25, 0.3) is 16.9 Å². The minimum absolute atomic E-state index is 0.0955. The number of nitrogens with zero attached hydrogens (tertiary/aromatic N) is 2. The van der Waals surface area contributed by atoms with E-state index in [0.717, 1.165) is 15.6 Å². The fourth-order valence-corrected chi connectivity index (χ4v) is 3.74. The van der Waals surface area contributed by atoms with Gasteiger partial charge < -0.3 is 10.4 Å². The zero-order valence-corrected chi connectivity index (χ0v) is 20.0. The highest BCUT2D eigenvalue weighted by atomic mass is 79.9. The van der Waals surface area contributed by atoms with Gasteiger partial charge in [0.15, 0.2) is 5.69 Å². The van der Waals surface area contributed by atoms with Gasteiger partial charge in [-0.3, -0.25) is 4.79 Å². The minimum atomic E-state index is -1.14. The Morgan fingerprint density at radius 3 is 2.27 bits per heavy atom. The number of carbonyl (C=O) groups excluding carboxylic acids is 1. The van der Waals surface area contributed by atoms with Gasteiger partial charge >= 0.3 is 5.97 Å². The lowest BCUT2D eigenvalue weighted by Gasteiger charge is -2.10. The maximum Gasteiger partial charge on any atom is 0.356 e. The zero-order chi connectivity index (χ0) is 23.5. The summed E-state index contributed by atoms with van der Waals surface area (Å²) in [5, 5.41) is 17.2. The molecule has 0 radical (unpaired) electrons. The van der Waals surface area contributed by atoms with Crippen molar-refractivity contribution in [3.63, 3.8) is 0 Å². The highest BCUT2D eigenvalue weighted by Crippen LogP contribution is 2.29. The molecule has 6 nitrogen and oxygen atoms in total. The fourth-order valence-electron chi connectivity index (χ4n) is 3.18. The van der Waals surface area contributed by atoms with E-state index in [2.05, 4.69) is 26.3 Å². The van der Waals surface area contributed by atoms with Gasteiger partial charge in [-0.1, -0.05) is 63.4 Å². The Bertz CT molecular complexity index is 1340. The van der Waals surface area contributed by atoms with Crippen molar-refractivity contribution in [1.82, 2.24) is 15.1 Å². The highest BCUT2D eigenvalue weighted by Gasteiger charge is 2.17. The molecule has 9 heteroatoms. The number of aromatic carboxylic acids is 1. The van der Waals surface area contributed by atoms with Crippen LogP contribution in [0.4, 0.5) is 0 Å². The summed E-state index contributed by atoms with van der Waals surface area (Å²) in [6.07, 6.45) is 0. The van der Waals surface area contributed by atoms with Crippen LogP contribution < -0.4 is 5.32 Å². The van der Waals surface area contributed by atoms with Crippen molar-refractivity contribution in [2.45, 2.75) is 6.54 Å². The van der Waals surface area contributed by atoms with Gasteiger partial charge in [-0.2, -0.15) is 5.10 Å². The molecule has 1 heterocycles. The van der Waals surface area contributed by atoms with Gasteiger partial charge in [0.1, 0.15) is 0 Å². The van der Waals surface area contributed by atoms with E-state index in [9.17, 15) is 14.7 Å². The average Bonchev–Trinajstić information content (AvgIpc) is 3.26. The number of rotatable bonds is 6. The van der Waals surface area contributed by atoms with Crippen molar-refractivity contribution < 1.29 is 14.7 Å². The van der Waals surface area contributed by atoms with Crippen LogP contribution in [0.15, 0.2) is 77.3 Å². The molecule has 33 heavy (non-hydrogen) atoms. The summed E-state index contributed by atoms with van der Waals surface area (Å²) < 4.78 is 2.41. The predicted molar refractivity (Wildman–Crippen MR) is 131 cm³/mol. The topological polar surface area (TPSA) is 84.2 Å². The van der Waals surface area contributed by atoms with Gasteiger partial charge in [0.25, 0.3) is 5.91 Å². The second-order valence-corrected chi connectivity index (χ2v) is 8.85. The Morgan fingerprint density at radius 2 is 1.64 bits per heavy atom. The minimum Gasteiger partial charge on any atom is -0.476 e. The molecule has 1 aromatic heterocycles. The number of benzene rings is 3. The van der Waals surface area contributed by atoms with Crippen LogP contribution in [0.1, 0.15) is 26.4 Å². The second-order valence-electron chi connectivity index (χ2n) is 7.12. The number of nitrogens with one attached hydrogen (secondary N) is 1. The van der Waals surface area contributed by atoms with E-state index >= 15 is 0 Å². The molecule has 0 aliphatic rings. The number of carboxylic acid groups (broad SMARTS) is 1. The number of hydrogen-bond donors (Lipinski definition) is 2. The smallest absolute Gasteiger partial charge is 0.356 e. The van der Waals surface area contributed by atoms with Crippen molar-refractivity contribution in [1.29, 1.82) is 0 Å². The lowest BCUT2D eigenvalue weighted by atomic mass is 10.1. The lowest BCUT2D eigenvalue weighted by Crippen LogP contribution is -2.22.